The zero-order valence-corrected chi connectivity index (χ0v) is 10.2. The van der Waals surface area contributed by atoms with Gasteiger partial charge in [-0.15, -0.1) is 6.58 Å². The minimum absolute atomic E-state index is 0.216. The van der Waals surface area contributed by atoms with E-state index in [1.807, 2.05) is 6.08 Å². The summed E-state index contributed by atoms with van der Waals surface area (Å²) in [6.07, 6.45) is 4.60. The van der Waals surface area contributed by atoms with Crippen LogP contribution in [0.2, 0.25) is 5.15 Å². The molecule has 1 rings (SSSR count). The summed E-state index contributed by atoms with van der Waals surface area (Å²) in [7, 11) is 0. The maximum absolute atomic E-state index is 11.5. The lowest BCUT2D eigenvalue weighted by atomic mass is 10.4. The molecule has 4 nitrogen and oxygen atoms in total. The quantitative estimate of drug-likeness (QED) is 0.624. The lowest BCUT2D eigenvalue weighted by Crippen LogP contribution is -2.26. The largest absolute Gasteiger partial charge is 0.350 e. The molecule has 0 atom stereocenters. The highest BCUT2D eigenvalue weighted by atomic mass is 35.5. The van der Waals surface area contributed by atoms with E-state index in [1.54, 1.807) is 11.8 Å². The summed E-state index contributed by atoms with van der Waals surface area (Å²) in [6, 6.07) is 0. The van der Waals surface area contributed by atoms with Crippen LogP contribution in [0.5, 0.6) is 0 Å². The average molecular weight is 258 g/mol. The van der Waals surface area contributed by atoms with Gasteiger partial charge in [0.05, 0.1) is 12.4 Å². The topological polar surface area (TPSA) is 54.9 Å². The maximum Gasteiger partial charge on any atom is 0.271 e. The van der Waals surface area contributed by atoms with Gasteiger partial charge in [0.2, 0.25) is 0 Å². The molecule has 0 aliphatic rings. The summed E-state index contributed by atoms with van der Waals surface area (Å²) in [4.78, 5) is 19.2. The van der Waals surface area contributed by atoms with E-state index in [1.165, 1.54) is 12.4 Å². The molecule has 0 bridgehead atoms. The standard InChI is InChI=1S/C10H12ClN3OS/c1-2-4-16-5-3-13-10(15)8-6-12-7-9(11)14-8/h2,6-7H,1,3-5H2,(H,13,15). The fourth-order valence-electron chi connectivity index (χ4n) is 0.946. The molecule has 86 valence electrons. The van der Waals surface area contributed by atoms with Crippen LogP contribution in [0.25, 0.3) is 0 Å². The Labute approximate surface area is 104 Å². The summed E-state index contributed by atoms with van der Waals surface area (Å²) in [5, 5.41) is 2.95. The van der Waals surface area contributed by atoms with Gasteiger partial charge in [-0.05, 0) is 0 Å². The molecular formula is C10H12ClN3OS. The minimum atomic E-state index is -0.255. The van der Waals surface area contributed by atoms with Gasteiger partial charge in [0.25, 0.3) is 5.91 Å². The van der Waals surface area contributed by atoms with Gasteiger partial charge < -0.3 is 5.32 Å². The van der Waals surface area contributed by atoms with E-state index >= 15 is 0 Å². The van der Waals surface area contributed by atoms with Crippen LogP contribution < -0.4 is 5.32 Å². The van der Waals surface area contributed by atoms with Crippen molar-refractivity contribution in [2.75, 3.05) is 18.1 Å². The Kier molecular flexibility index (Phi) is 5.88. The van der Waals surface area contributed by atoms with Gasteiger partial charge in [-0.1, -0.05) is 17.7 Å². The molecule has 16 heavy (non-hydrogen) atoms. The van der Waals surface area contributed by atoms with Crippen LogP contribution in [0.4, 0.5) is 0 Å². The van der Waals surface area contributed by atoms with Crippen molar-refractivity contribution in [1.29, 1.82) is 0 Å². The van der Waals surface area contributed by atoms with Crippen molar-refractivity contribution in [3.63, 3.8) is 0 Å². The molecule has 0 unspecified atom stereocenters. The van der Waals surface area contributed by atoms with Crippen LogP contribution in [0.1, 0.15) is 10.5 Å². The van der Waals surface area contributed by atoms with E-state index < -0.39 is 0 Å². The Morgan fingerprint density at radius 1 is 1.62 bits per heavy atom. The summed E-state index contributed by atoms with van der Waals surface area (Å²) in [5.41, 5.74) is 0.237. The summed E-state index contributed by atoms with van der Waals surface area (Å²) >= 11 is 7.32. The van der Waals surface area contributed by atoms with Gasteiger partial charge in [-0.2, -0.15) is 11.8 Å². The van der Waals surface area contributed by atoms with E-state index in [4.69, 9.17) is 11.6 Å². The first-order valence-corrected chi connectivity index (χ1v) is 6.21. The number of aromatic nitrogens is 2. The molecule has 1 aromatic heterocycles. The van der Waals surface area contributed by atoms with Gasteiger partial charge in [0, 0.05) is 18.1 Å². The van der Waals surface area contributed by atoms with Gasteiger partial charge in [0.1, 0.15) is 10.8 Å². The Hall–Kier alpha value is -1.07. The van der Waals surface area contributed by atoms with Crippen LogP contribution in [0.15, 0.2) is 25.0 Å². The van der Waals surface area contributed by atoms with Gasteiger partial charge >= 0.3 is 0 Å². The Morgan fingerprint density at radius 2 is 2.44 bits per heavy atom. The van der Waals surface area contributed by atoms with Crippen molar-refractivity contribution in [2.24, 2.45) is 0 Å². The van der Waals surface area contributed by atoms with Crippen molar-refractivity contribution in [3.8, 4) is 0 Å². The molecule has 0 saturated heterocycles. The number of thioether (sulfide) groups is 1. The molecule has 1 aromatic rings. The number of rotatable bonds is 6. The maximum atomic E-state index is 11.5. The Balaban J connectivity index is 2.32. The Morgan fingerprint density at radius 3 is 3.12 bits per heavy atom. The zero-order valence-electron chi connectivity index (χ0n) is 8.65. The molecule has 0 fully saturated rings. The lowest BCUT2D eigenvalue weighted by Gasteiger charge is -2.03. The third-order valence-electron chi connectivity index (χ3n) is 1.61. The smallest absolute Gasteiger partial charge is 0.271 e. The highest BCUT2D eigenvalue weighted by Crippen LogP contribution is 2.02. The molecular weight excluding hydrogens is 246 g/mol. The van der Waals surface area contributed by atoms with Crippen molar-refractivity contribution in [1.82, 2.24) is 15.3 Å². The van der Waals surface area contributed by atoms with Crippen molar-refractivity contribution < 1.29 is 4.79 Å². The van der Waals surface area contributed by atoms with Crippen LogP contribution in [0.3, 0.4) is 0 Å². The number of amides is 1. The van der Waals surface area contributed by atoms with Crippen molar-refractivity contribution >= 4 is 29.3 Å². The third-order valence-corrected chi connectivity index (χ3v) is 2.75. The van der Waals surface area contributed by atoms with Crippen LogP contribution in [0, 0.1) is 0 Å². The average Bonchev–Trinajstić information content (AvgIpc) is 2.28. The summed E-state index contributed by atoms with van der Waals surface area (Å²) < 4.78 is 0. The number of hydrogen-bond acceptors (Lipinski definition) is 4. The molecule has 0 radical (unpaired) electrons. The number of carbonyl (C=O) groups excluding carboxylic acids is 1. The number of halogens is 1. The first-order chi connectivity index (χ1) is 7.74. The fourth-order valence-corrected chi connectivity index (χ4v) is 1.67. The number of hydrogen-bond donors (Lipinski definition) is 1. The predicted molar refractivity (Wildman–Crippen MR) is 66.9 cm³/mol. The molecule has 0 aromatic carbocycles. The monoisotopic (exact) mass is 257 g/mol. The van der Waals surface area contributed by atoms with Crippen LogP contribution >= 0.6 is 23.4 Å². The molecule has 0 saturated carbocycles. The lowest BCUT2D eigenvalue weighted by molar-refractivity contribution is 0.0951. The second-order valence-corrected chi connectivity index (χ2v) is 4.38. The van der Waals surface area contributed by atoms with Gasteiger partial charge in [-0.25, -0.2) is 4.98 Å². The van der Waals surface area contributed by atoms with E-state index in [0.717, 1.165) is 11.5 Å². The number of nitrogens with one attached hydrogen (secondary N) is 1. The first kappa shape index (κ1) is 13.0. The molecule has 1 amide bonds. The van der Waals surface area contributed by atoms with Gasteiger partial charge in [-0.3, -0.25) is 9.78 Å². The molecule has 1 N–H and O–H groups in total. The first-order valence-electron chi connectivity index (χ1n) is 4.68. The molecule has 0 spiro atoms. The van der Waals surface area contributed by atoms with Crippen LogP contribution in [-0.4, -0.2) is 33.9 Å². The molecule has 6 heteroatoms. The van der Waals surface area contributed by atoms with Crippen molar-refractivity contribution in [3.05, 3.63) is 35.9 Å². The number of nitrogens with zero attached hydrogens (tertiary/aromatic N) is 2. The second-order valence-electron chi connectivity index (χ2n) is 2.85. The highest BCUT2D eigenvalue weighted by Gasteiger charge is 2.06. The van der Waals surface area contributed by atoms with E-state index in [2.05, 4.69) is 21.9 Å². The molecule has 0 aliphatic carbocycles. The minimum Gasteiger partial charge on any atom is -0.350 e. The molecule has 1 heterocycles. The third kappa shape index (κ3) is 4.63. The van der Waals surface area contributed by atoms with Crippen LogP contribution in [-0.2, 0) is 0 Å². The van der Waals surface area contributed by atoms with E-state index in [9.17, 15) is 4.79 Å². The van der Waals surface area contributed by atoms with Crippen molar-refractivity contribution in [2.45, 2.75) is 0 Å². The fraction of sp³-hybridized carbons (Fsp3) is 0.300. The summed E-state index contributed by atoms with van der Waals surface area (Å²) in [6.45, 7) is 4.20. The van der Waals surface area contributed by atoms with E-state index in [0.29, 0.717) is 6.54 Å². The molecule has 0 aliphatic heterocycles. The SMILES string of the molecule is C=CCSCCNC(=O)c1cncc(Cl)n1. The normalized spacial score (nSPS) is 9.81. The predicted octanol–water partition coefficient (Wildman–Crippen LogP) is 1.78. The second kappa shape index (κ2) is 7.24. The Bertz CT molecular complexity index is 373. The van der Waals surface area contributed by atoms with E-state index in [-0.39, 0.29) is 16.8 Å². The highest BCUT2D eigenvalue weighted by molar-refractivity contribution is 7.99. The summed E-state index contributed by atoms with van der Waals surface area (Å²) in [5.74, 6) is 1.47. The zero-order chi connectivity index (χ0) is 11.8. The van der Waals surface area contributed by atoms with Gasteiger partial charge in [0.15, 0.2) is 0 Å². The number of carbonyl (C=O) groups is 1.